The molecule has 0 amide bonds. The monoisotopic (exact) mass is 426 g/mol. The molecule has 2 unspecified atom stereocenters. The molecule has 1 aromatic carbocycles. The predicted octanol–water partition coefficient (Wildman–Crippen LogP) is 3.34. The summed E-state index contributed by atoms with van der Waals surface area (Å²) < 4.78 is 30.3. The molecular weight excluding hydrogens is 402 g/mol. The summed E-state index contributed by atoms with van der Waals surface area (Å²) in [6, 6.07) is 8.07. The Morgan fingerprint density at radius 1 is 1.16 bits per heavy atom. The number of hydrogen-bond donors (Lipinski definition) is 1. The summed E-state index contributed by atoms with van der Waals surface area (Å²) in [6.07, 6.45) is 6.13. The van der Waals surface area contributed by atoms with Crippen molar-refractivity contribution in [2.45, 2.75) is 43.3 Å². The molecule has 7 nitrogen and oxygen atoms in total. The molecule has 0 spiro atoms. The van der Waals surface area contributed by atoms with Gasteiger partial charge in [0.25, 0.3) is 5.92 Å². The van der Waals surface area contributed by atoms with Crippen LogP contribution in [0.1, 0.15) is 19.3 Å². The summed E-state index contributed by atoms with van der Waals surface area (Å²) in [5.74, 6) is -1.91. The summed E-state index contributed by atoms with van der Waals surface area (Å²) in [6.45, 7) is 0. The van der Waals surface area contributed by atoms with Gasteiger partial charge in [0.15, 0.2) is 5.82 Å². The van der Waals surface area contributed by atoms with Crippen molar-refractivity contribution >= 4 is 5.82 Å². The van der Waals surface area contributed by atoms with Crippen LogP contribution in [0, 0.1) is 0 Å². The minimum Gasteiger partial charge on any atom is -0.507 e. The highest BCUT2D eigenvalue weighted by Gasteiger charge is 2.56. The number of piperidine rings is 1. The Balaban J connectivity index is 1.34. The molecule has 3 aromatic rings. The lowest BCUT2D eigenvalue weighted by Crippen LogP contribution is -2.50. The molecule has 2 aliphatic rings. The molecule has 2 aliphatic heterocycles. The van der Waals surface area contributed by atoms with Gasteiger partial charge in [0.1, 0.15) is 5.75 Å². The molecule has 5 rings (SSSR count). The van der Waals surface area contributed by atoms with E-state index in [1.165, 1.54) is 0 Å². The topological polar surface area (TPSA) is 70.3 Å². The first kappa shape index (κ1) is 19.9. The van der Waals surface area contributed by atoms with Gasteiger partial charge in [-0.15, -0.1) is 10.2 Å². The third kappa shape index (κ3) is 3.42. The van der Waals surface area contributed by atoms with Crippen LogP contribution in [0.15, 0.2) is 49.1 Å². The Labute approximate surface area is 179 Å². The quantitative estimate of drug-likeness (QED) is 0.690. The van der Waals surface area contributed by atoms with Gasteiger partial charge in [-0.05, 0) is 44.2 Å². The van der Waals surface area contributed by atoms with Crippen LogP contribution in [0.4, 0.5) is 14.6 Å². The second-order valence-corrected chi connectivity index (χ2v) is 8.48. The highest BCUT2D eigenvalue weighted by molar-refractivity contribution is 5.69. The van der Waals surface area contributed by atoms with Gasteiger partial charge >= 0.3 is 0 Å². The number of halogens is 2. The molecule has 2 aromatic heterocycles. The first-order valence-corrected chi connectivity index (χ1v) is 10.3. The van der Waals surface area contributed by atoms with E-state index < -0.39 is 12.0 Å². The average molecular weight is 426 g/mol. The number of aromatic hydroxyl groups is 1. The summed E-state index contributed by atoms with van der Waals surface area (Å²) in [5, 5.41) is 19.1. The molecule has 3 atom stereocenters. The Hall–Kier alpha value is -3.07. The largest absolute Gasteiger partial charge is 0.507 e. The van der Waals surface area contributed by atoms with Gasteiger partial charge in [-0.2, -0.15) is 0 Å². The minimum absolute atomic E-state index is 0.0115. The third-order valence-electron chi connectivity index (χ3n) is 6.72. The summed E-state index contributed by atoms with van der Waals surface area (Å²) >= 11 is 0. The zero-order valence-electron chi connectivity index (χ0n) is 17.4. The number of nitrogens with zero attached hydrogens (tertiary/aromatic N) is 6. The fourth-order valence-corrected chi connectivity index (χ4v) is 4.87. The van der Waals surface area contributed by atoms with Crippen LogP contribution in [0.3, 0.4) is 0 Å². The zero-order chi connectivity index (χ0) is 21.8. The fraction of sp³-hybridized carbons (Fsp3) is 0.409. The lowest BCUT2D eigenvalue weighted by Gasteiger charge is -2.40. The molecule has 9 heteroatoms. The van der Waals surface area contributed by atoms with Crippen LogP contribution in [0.25, 0.3) is 16.9 Å². The van der Waals surface area contributed by atoms with Crippen LogP contribution >= 0.6 is 0 Å². The number of rotatable bonds is 4. The number of fused-ring (bicyclic) bond motifs is 2. The maximum atomic E-state index is 14.3. The second-order valence-electron chi connectivity index (χ2n) is 8.48. The van der Waals surface area contributed by atoms with Gasteiger partial charge in [-0.25, -0.2) is 13.8 Å². The van der Waals surface area contributed by atoms with Gasteiger partial charge in [0.2, 0.25) is 0 Å². The molecule has 31 heavy (non-hydrogen) atoms. The standard InChI is InChI=1S/C22H24F2N6O/c1-28-16-9-15(11-20(28)22(23,24)12-16)29(2)21-6-5-18(26-27-21)17-4-3-14(10-19(17)31)30-8-7-25-13-30/h3-8,10,13,15-16,20,31H,9,11-12H2,1-2H3/t15-,16?,20?/m0/s1. The van der Waals surface area contributed by atoms with Crippen molar-refractivity contribution in [3.05, 3.63) is 49.1 Å². The fourth-order valence-electron chi connectivity index (χ4n) is 4.87. The Kier molecular flexibility index (Phi) is 4.65. The van der Waals surface area contributed by atoms with Gasteiger partial charge in [-0.3, -0.25) is 4.90 Å². The first-order valence-electron chi connectivity index (χ1n) is 10.3. The molecule has 2 bridgehead atoms. The lowest BCUT2D eigenvalue weighted by atomic mass is 9.96. The number of anilines is 1. The van der Waals surface area contributed by atoms with Crippen LogP contribution in [0.5, 0.6) is 5.75 Å². The SMILES string of the molecule is CN1C2C[C@H](N(C)c3ccc(-c4ccc(-n5ccnc5)cc4O)nn3)CC1C(F)(F)C2. The maximum Gasteiger partial charge on any atom is 0.264 e. The molecular formula is C22H24F2N6O. The number of imidazole rings is 1. The van der Waals surface area contributed by atoms with E-state index >= 15 is 0 Å². The van der Waals surface area contributed by atoms with E-state index in [4.69, 9.17) is 0 Å². The smallest absolute Gasteiger partial charge is 0.264 e. The Morgan fingerprint density at radius 2 is 2.00 bits per heavy atom. The summed E-state index contributed by atoms with van der Waals surface area (Å²) in [7, 11) is 3.68. The molecule has 162 valence electrons. The first-order chi connectivity index (χ1) is 14.8. The molecule has 1 N–H and O–H groups in total. The van der Waals surface area contributed by atoms with Crippen LogP contribution in [0.2, 0.25) is 0 Å². The van der Waals surface area contributed by atoms with Crippen molar-refractivity contribution in [1.29, 1.82) is 0 Å². The van der Waals surface area contributed by atoms with E-state index in [1.807, 2.05) is 29.0 Å². The van der Waals surface area contributed by atoms with E-state index in [0.717, 1.165) is 5.69 Å². The highest BCUT2D eigenvalue weighted by Crippen LogP contribution is 2.46. The van der Waals surface area contributed by atoms with Gasteiger partial charge in [-0.1, -0.05) is 0 Å². The molecule has 0 radical (unpaired) electrons. The van der Waals surface area contributed by atoms with Crippen molar-refractivity contribution in [3.8, 4) is 22.7 Å². The van der Waals surface area contributed by atoms with Crippen molar-refractivity contribution < 1.29 is 13.9 Å². The number of phenols is 1. The van der Waals surface area contributed by atoms with Gasteiger partial charge in [0, 0.05) is 49.6 Å². The molecule has 2 saturated heterocycles. The van der Waals surface area contributed by atoms with Crippen LogP contribution in [-0.4, -0.2) is 67.9 Å². The zero-order valence-corrected chi connectivity index (χ0v) is 17.4. The molecule has 0 aliphatic carbocycles. The minimum atomic E-state index is -2.63. The number of phenolic OH excluding ortho intramolecular Hbond substituents is 1. The number of benzene rings is 1. The Morgan fingerprint density at radius 3 is 2.65 bits per heavy atom. The summed E-state index contributed by atoms with van der Waals surface area (Å²) in [4.78, 5) is 7.79. The van der Waals surface area contributed by atoms with Crippen molar-refractivity contribution in [1.82, 2.24) is 24.6 Å². The lowest BCUT2D eigenvalue weighted by molar-refractivity contribution is -0.0353. The van der Waals surface area contributed by atoms with Crippen molar-refractivity contribution in [2.75, 3.05) is 19.0 Å². The number of aromatic nitrogens is 4. The highest BCUT2D eigenvalue weighted by atomic mass is 19.3. The van der Waals surface area contributed by atoms with E-state index in [2.05, 4.69) is 15.2 Å². The van der Waals surface area contributed by atoms with Crippen molar-refractivity contribution in [2.24, 2.45) is 0 Å². The number of alkyl halides is 2. The molecule has 2 fully saturated rings. The summed E-state index contributed by atoms with van der Waals surface area (Å²) in [5.41, 5.74) is 1.90. The normalized spacial score (nSPS) is 25.0. The third-order valence-corrected chi connectivity index (χ3v) is 6.72. The van der Waals surface area contributed by atoms with E-state index in [9.17, 15) is 13.9 Å². The Bertz CT molecular complexity index is 1070. The van der Waals surface area contributed by atoms with Gasteiger partial charge < -0.3 is 14.6 Å². The maximum absolute atomic E-state index is 14.3. The molecule has 0 saturated carbocycles. The average Bonchev–Trinajstić information content (AvgIpc) is 3.32. The van der Waals surface area contributed by atoms with E-state index in [1.54, 1.807) is 48.5 Å². The van der Waals surface area contributed by atoms with E-state index in [-0.39, 0.29) is 24.3 Å². The second kappa shape index (κ2) is 7.26. The number of hydrogen-bond acceptors (Lipinski definition) is 6. The van der Waals surface area contributed by atoms with Crippen LogP contribution in [-0.2, 0) is 0 Å². The van der Waals surface area contributed by atoms with Crippen molar-refractivity contribution in [3.63, 3.8) is 0 Å². The van der Waals surface area contributed by atoms with E-state index in [0.29, 0.717) is 29.9 Å². The van der Waals surface area contributed by atoms with Gasteiger partial charge in [0.05, 0.1) is 23.8 Å². The molecule has 4 heterocycles. The predicted molar refractivity (Wildman–Crippen MR) is 113 cm³/mol. The van der Waals surface area contributed by atoms with Crippen LogP contribution < -0.4 is 4.90 Å².